The van der Waals surface area contributed by atoms with Crippen LogP contribution in [0.4, 0.5) is 5.69 Å². The van der Waals surface area contributed by atoms with Crippen LogP contribution in [0.15, 0.2) is 47.3 Å². The number of carbonyl (C=O) groups is 1. The van der Waals surface area contributed by atoms with Crippen LogP contribution < -0.4 is 10.1 Å². The molecule has 1 saturated carbocycles. The number of nitrogens with zero attached hydrogens (tertiary/aromatic N) is 4. The molecule has 0 aliphatic heterocycles. The number of aromatic nitrogens is 4. The Labute approximate surface area is 196 Å². The quantitative estimate of drug-likeness (QED) is 0.438. The van der Waals surface area contributed by atoms with E-state index in [0.717, 1.165) is 47.8 Å². The molecule has 176 valence electrons. The van der Waals surface area contributed by atoms with Crippen molar-refractivity contribution < 1.29 is 19.1 Å². The number of aliphatic hydroxyl groups is 1. The van der Waals surface area contributed by atoms with Gasteiger partial charge in [-0.15, -0.1) is 0 Å². The highest BCUT2D eigenvalue weighted by atomic mass is 16.5. The molecule has 0 bridgehead atoms. The van der Waals surface area contributed by atoms with Gasteiger partial charge in [-0.1, -0.05) is 0 Å². The molecule has 1 aromatic carbocycles. The summed E-state index contributed by atoms with van der Waals surface area (Å²) in [6.45, 7) is 2.13. The van der Waals surface area contributed by atoms with Crippen LogP contribution in [-0.4, -0.2) is 44.5 Å². The van der Waals surface area contributed by atoms with E-state index >= 15 is 0 Å². The number of aryl methyl sites for hydroxylation is 1. The monoisotopic (exact) mass is 461 g/mol. The number of rotatable bonds is 6. The standard InChI is InChI=1S/C25H27N5O4/c1-15-9-17(7-8-26-15)25-28-22(14-34-25)24(32)27-21-10-18-12-30(29-20(18)11-23(21)33-2)19-5-3-16(13-31)4-6-19/h7-12,14,16,19,31H,3-6,13H2,1-2H3,(H,27,32). The Morgan fingerprint density at radius 1 is 1.26 bits per heavy atom. The molecule has 5 rings (SSSR count). The van der Waals surface area contributed by atoms with E-state index in [2.05, 4.69) is 15.3 Å². The summed E-state index contributed by atoms with van der Waals surface area (Å²) in [5.41, 5.74) is 3.10. The predicted octanol–water partition coefficient (Wildman–Crippen LogP) is 4.38. The first-order valence-electron chi connectivity index (χ1n) is 11.4. The van der Waals surface area contributed by atoms with Crippen LogP contribution >= 0.6 is 0 Å². The number of hydrogen-bond donors (Lipinski definition) is 2. The lowest BCUT2D eigenvalue weighted by Gasteiger charge is -2.27. The van der Waals surface area contributed by atoms with E-state index in [0.29, 0.717) is 29.3 Å². The molecule has 0 atom stereocenters. The highest BCUT2D eigenvalue weighted by Gasteiger charge is 2.23. The van der Waals surface area contributed by atoms with Crippen molar-refractivity contribution in [3.63, 3.8) is 0 Å². The molecule has 9 nitrogen and oxygen atoms in total. The van der Waals surface area contributed by atoms with Gasteiger partial charge < -0.3 is 19.6 Å². The Kier molecular flexibility index (Phi) is 6.02. The van der Waals surface area contributed by atoms with Gasteiger partial charge in [-0.3, -0.25) is 14.5 Å². The van der Waals surface area contributed by atoms with Crippen molar-refractivity contribution in [2.45, 2.75) is 38.6 Å². The molecule has 0 saturated heterocycles. The molecule has 4 aromatic rings. The third kappa shape index (κ3) is 4.38. The Hall–Kier alpha value is -3.72. The molecule has 0 unspecified atom stereocenters. The molecule has 0 radical (unpaired) electrons. The van der Waals surface area contributed by atoms with Gasteiger partial charge in [0.2, 0.25) is 5.89 Å². The molecule has 0 spiro atoms. The number of oxazole rings is 1. The predicted molar refractivity (Wildman–Crippen MR) is 127 cm³/mol. The number of benzene rings is 1. The molecule has 34 heavy (non-hydrogen) atoms. The third-order valence-electron chi connectivity index (χ3n) is 6.42. The Balaban J connectivity index is 1.36. The van der Waals surface area contributed by atoms with Crippen molar-refractivity contribution in [1.82, 2.24) is 19.7 Å². The number of amides is 1. The van der Waals surface area contributed by atoms with E-state index in [4.69, 9.17) is 14.3 Å². The molecule has 3 heterocycles. The summed E-state index contributed by atoms with van der Waals surface area (Å²) in [4.78, 5) is 21.4. The van der Waals surface area contributed by atoms with E-state index < -0.39 is 5.91 Å². The fourth-order valence-corrected chi connectivity index (χ4v) is 4.49. The molecular formula is C25H27N5O4. The van der Waals surface area contributed by atoms with E-state index in [-0.39, 0.29) is 12.3 Å². The van der Waals surface area contributed by atoms with Crippen LogP contribution in [-0.2, 0) is 0 Å². The van der Waals surface area contributed by atoms with Crippen LogP contribution in [0.5, 0.6) is 5.75 Å². The van der Waals surface area contributed by atoms with Gasteiger partial charge in [-0.05, 0) is 56.7 Å². The topological polar surface area (TPSA) is 115 Å². The average molecular weight is 462 g/mol. The minimum absolute atomic E-state index is 0.169. The molecule has 1 aliphatic carbocycles. The zero-order valence-electron chi connectivity index (χ0n) is 19.2. The van der Waals surface area contributed by atoms with Gasteiger partial charge in [0.05, 0.1) is 24.4 Å². The summed E-state index contributed by atoms with van der Waals surface area (Å²) in [7, 11) is 1.56. The normalized spacial score (nSPS) is 18.2. The van der Waals surface area contributed by atoms with Crippen molar-refractivity contribution in [3.05, 3.63) is 54.3 Å². The highest BCUT2D eigenvalue weighted by molar-refractivity contribution is 6.05. The van der Waals surface area contributed by atoms with Crippen molar-refractivity contribution in [2.75, 3.05) is 19.0 Å². The second-order valence-corrected chi connectivity index (χ2v) is 8.76. The number of carbonyl (C=O) groups excluding carboxylic acids is 1. The maximum absolute atomic E-state index is 12.9. The number of pyridine rings is 1. The van der Waals surface area contributed by atoms with Crippen molar-refractivity contribution in [1.29, 1.82) is 0 Å². The number of methoxy groups -OCH3 is 1. The summed E-state index contributed by atoms with van der Waals surface area (Å²) in [6.07, 6.45) is 9.01. The number of aliphatic hydroxyl groups excluding tert-OH is 1. The maximum Gasteiger partial charge on any atom is 0.277 e. The van der Waals surface area contributed by atoms with Crippen LogP contribution in [0.1, 0.15) is 47.9 Å². The number of fused-ring (bicyclic) bond motifs is 1. The molecular weight excluding hydrogens is 434 g/mol. The van der Waals surface area contributed by atoms with Gasteiger partial charge >= 0.3 is 0 Å². The molecule has 1 aliphatic rings. The second-order valence-electron chi connectivity index (χ2n) is 8.76. The number of nitrogens with one attached hydrogen (secondary N) is 1. The number of anilines is 1. The zero-order chi connectivity index (χ0) is 23.7. The smallest absolute Gasteiger partial charge is 0.277 e. The summed E-state index contributed by atoms with van der Waals surface area (Å²) in [5, 5.41) is 17.9. The molecule has 1 fully saturated rings. The first-order valence-corrected chi connectivity index (χ1v) is 11.4. The van der Waals surface area contributed by atoms with Gasteiger partial charge in [0, 0.05) is 41.7 Å². The van der Waals surface area contributed by atoms with Crippen LogP contribution in [0.25, 0.3) is 22.4 Å². The van der Waals surface area contributed by atoms with Gasteiger partial charge in [0.25, 0.3) is 5.91 Å². The van der Waals surface area contributed by atoms with Gasteiger partial charge in [-0.25, -0.2) is 4.98 Å². The molecule has 1 amide bonds. The van der Waals surface area contributed by atoms with Gasteiger partial charge in [-0.2, -0.15) is 5.10 Å². The molecule has 2 N–H and O–H groups in total. The molecule has 3 aromatic heterocycles. The van der Waals surface area contributed by atoms with Gasteiger partial charge in [0.15, 0.2) is 5.69 Å². The summed E-state index contributed by atoms with van der Waals surface area (Å²) < 4.78 is 13.0. The number of hydrogen-bond acceptors (Lipinski definition) is 7. The lowest BCUT2D eigenvalue weighted by Crippen LogP contribution is -2.20. The zero-order valence-corrected chi connectivity index (χ0v) is 19.2. The fourth-order valence-electron chi connectivity index (χ4n) is 4.49. The van der Waals surface area contributed by atoms with Crippen molar-refractivity contribution >= 4 is 22.5 Å². The Morgan fingerprint density at radius 3 is 2.82 bits per heavy atom. The van der Waals surface area contributed by atoms with Crippen molar-refractivity contribution in [3.8, 4) is 17.2 Å². The summed E-state index contributed by atoms with van der Waals surface area (Å²) >= 11 is 0. The highest BCUT2D eigenvalue weighted by Crippen LogP contribution is 2.35. The molecule has 9 heteroatoms. The average Bonchev–Trinajstić information content (AvgIpc) is 3.51. The van der Waals surface area contributed by atoms with E-state index in [1.807, 2.05) is 36.0 Å². The summed E-state index contributed by atoms with van der Waals surface area (Å²) in [5.74, 6) is 0.870. The minimum Gasteiger partial charge on any atom is -0.494 e. The van der Waals surface area contributed by atoms with Gasteiger partial charge in [0.1, 0.15) is 12.0 Å². The SMILES string of the molecule is COc1cc2nn(C3CCC(CO)CC3)cc2cc1NC(=O)c1coc(-c2ccnc(C)c2)n1. The number of ether oxygens (including phenoxy) is 1. The Bertz CT molecular complexity index is 1320. The first kappa shape index (κ1) is 22.1. The second kappa shape index (κ2) is 9.26. The van der Waals surface area contributed by atoms with Crippen LogP contribution in [0, 0.1) is 12.8 Å². The third-order valence-corrected chi connectivity index (χ3v) is 6.42. The van der Waals surface area contributed by atoms with E-state index in [9.17, 15) is 9.90 Å². The van der Waals surface area contributed by atoms with Crippen LogP contribution in [0.2, 0.25) is 0 Å². The Morgan fingerprint density at radius 2 is 2.09 bits per heavy atom. The maximum atomic E-state index is 12.9. The first-order chi connectivity index (χ1) is 16.5. The minimum atomic E-state index is -0.395. The largest absolute Gasteiger partial charge is 0.494 e. The van der Waals surface area contributed by atoms with E-state index in [1.165, 1.54) is 6.26 Å². The van der Waals surface area contributed by atoms with E-state index in [1.54, 1.807) is 19.4 Å². The fraction of sp³-hybridized carbons (Fsp3) is 0.360. The van der Waals surface area contributed by atoms with Crippen molar-refractivity contribution in [2.24, 2.45) is 5.92 Å². The summed E-state index contributed by atoms with van der Waals surface area (Å²) in [6, 6.07) is 7.63. The lowest BCUT2D eigenvalue weighted by molar-refractivity contribution is 0.102. The van der Waals surface area contributed by atoms with Crippen LogP contribution in [0.3, 0.4) is 0 Å². The lowest BCUT2D eigenvalue weighted by atomic mass is 9.87.